The molecule has 2 aliphatic heterocycles. The summed E-state index contributed by atoms with van der Waals surface area (Å²) in [6.45, 7) is 0.308. The van der Waals surface area contributed by atoms with E-state index in [0.717, 1.165) is 11.1 Å². The van der Waals surface area contributed by atoms with Gasteiger partial charge in [-0.2, -0.15) is 0 Å². The molecule has 1 unspecified atom stereocenters. The van der Waals surface area contributed by atoms with Crippen LogP contribution >= 0.6 is 0 Å². The van der Waals surface area contributed by atoms with Crippen LogP contribution in [0.1, 0.15) is 17.5 Å². The molecule has 1 spiro atoms. The smallest absolute Gasteiger partial charge is 0.197 e. The number of quaternary nitrogens is 1. The van der Waals surface area contributed by atoms with Crippen LogP contribution in [0.5, 0.6) is 11.5 Å². The molecular formula is C17H17NO5. The number of ether oxygens (including phenoxy) is 1. The standard InChI is InChI=1S/C17H17NO5/c1-18(22)7-6-16-13-9-2-3-10(19)14(13)23-15(16)11(20)4-5-17(16,21)12(18)8-9/h2-5,12,15,19,21H,6-8H2,1H3/t12-,15+,16+,17-,18?/m1/s1. The van der Waals surface area contributed by atoms with E-state index in [0.29, 0.717) is 25.1 Å². The van der Waals surface area contributed by atoms with Crippen molar-refractivity contribution in [1.82, 2.24) is 0 Å². The van der Waals surface area contributed by atoms with Crippen molar-refractivity contribution in [2.24, 2.45) is 0 Å². The van der Waals surface area contributed by atoms with Gasteiger partial charge in [-0.25, -0.2) is 0 Å². The maximum atomic E-state index is 13.0. The van der Waals surface area contributed by atoms with Gasteiger partial charge in [-0.1, -0.05) is 6.07 Å². The second-order valence-corrected chi connectivity index (χ2v) is 7.35. The summed E-state index contributed by atoms with van der Waals surface area (Å²) in [5.41, 5.74) is -0.795. The van der Waals surface area contributed by atoms with E-state index in [4.69, 9.17) is 4.74 Å². The van der Waals surface area contributed by atoms with E-state index in [9.17, 15) is 20.2 Å². The number of likely N-dealkylation sites (tertiary alicyclic amines) is 1. The predicted molar refractivity (Wildman–Crippen MR) is 79.8 cm³/mol. The minimum absolute atomic E-state index is 0.0222. The summed E-state index contributed by atoms with van der Waals surface area (Å²) < 4.78 is 5.29. The number of likely N-dealkylation sites (N-methyl/N-ethyl adjacent to an activating group) is 1. The van der Waals surface area contributed by atoms with Crippen LogP contribution in [-0.4, -0.2) is 52.0 Å². The Hall–Kier alpha value is -1.89. The van der Waals surface area contributed by atoms with Crippen molar-refractivity contribution < 1.29 is 24.4 Å². The average Bonchev–Trinajstić information content (AvgIpc) is 2.86. The number of hydroxylamine groups is 3. The number of piperidine rings is 1. The van der Waals surface area contributed by atoms with E-state index in [-0.39, 0.29) is 11.5 Å². The number of benzene rings is 1. The highest BCUT2D eigenvalue weighted by Gasteiger charge is 2.74. The molecular weight excluding hydrogens is 298 g/mol. The molecule has 120 valence electrons. The Kier molecular flexibility index (Phi) is 2.12. The van der Waals surface area contributed by atoms with Gasteiger partial charge in [0.05, 0.1) is 19.0 Å². The van der Waals surface area contributed by atoms with Gasteiger partial charge in [0.1, 0.15) is 11.6 Å². The zero-order chi connectivity index (χ0) is 16.2. The zero-order valence-electron chi connectivity index (χ0n) is 12.7. The normalized spacial score (nSPS) is 45.6. The number of aromatic hydroxyl groups is 1. The Morgan fingerprint density at radius 3 is 3.00 bits per heavy atom. The molecule has 5 rings (SSSR count). The molecule has 0 radical (unpaired) electrons. The summed E-state index contributed by atoms with van der Waals surface area (Å²) in [6.07, 6.45) is 2.70. The van der Waals surface area contributed by atoms with Crippen molar-refractivity contribution >= 4 is 5.78 Å². The minimum Gasteiger partial charge on any atom is -0.633 e. The van der Waals surface area contributed by atoms with Crippen molar-refractivity contribution in [3.8, 4) is 11.5 Å². The largest absolute Gasteiger partial charge is 0.633 e. The van der Waals surface area contributed by atoms with E-state index in [2.05, 4.69) is 0 Å². The molecule has 5 atom stereocenters. The third kappa shape index (κ3) is 1.23. The number of aliphatic hydroxyl groups is 1. The van der Waals surface area contributed by atoms with Crippen LogP contribution in [0.25, 0.3) is 0 Å². The second-order valence-electron chi connectivity index (χ2n) is 7.35. The summed E-state index contributed by atoms with van der Waals surface area (Å²) in [4.78, 5) is 12.4. The Bertz CT molecular complexity index is 800. The monoisotopic (exact) mass is 315 g/mol. The molecule has 6 nitrogen and oxygen atoms in total. The molecule has 1 aromatic carbocycles. The summed E-state index contributed by atoms with van der Waals surface area (Å²) in [6, 6.07) is 2.73. The van der Waals surface area contributed by atoms with Gasteiger partial charge in [-0.15, -0.1) is 0 Å². The topological polar surface area (TPSA) is 89.8 Å². The summed E-state index contributed by atoms with van der Waals surface area (Å²) in [5, 5.41) is 34.7. The number of rotatable bonds is 0. The van der Waals surface area contributed by atoms with Gasteiger partial charge in [0.25, 0.3) is 0 Å². The first-order chi connectivity index (χ1) is 10.8. The van der Waals surface area contributed by atoms with Crippen molar-refractivity contribution in [2.75, 3.05) is 13.6 Å². The van der Waals surface area contributed by atoms with E-state index in [1.807, 2.05) is 0 Å². The van der Waals surface area contributed by atoms with Crippen LogP contribution in [0.2, 0.25) is 0 Å². The fourth-order valence-corrected chi connectivity index (χ4v) is 5.29. The van der Waals surface area contributed by atoms with Gasteiger partial charge in [0.15, 0.2) is 23.4 Å². The first-order valence-corrected chi connectivity index (χ1v) is 7.85. The summed E-state index contributed by atoms with van der Waals surface area (Å²) in [5.74, 6) is 0.0494. The lowest BCUT2D eigenvalue weighted by molar-refractivity contribution is -0.902. The summed E-state index contributed by atoms with van der Waals surface area (Å²) >= 11 is 0. The number of nitrogens with zero attached hydrogens (tertiary/aromatic N) is 1. The number of carbonyl (C=O) groups excluding carboxylic acids is 1. The number of carbonyl (C=O) groups is 1. The Labute approximate surface area is 132 Å². The molecule has 4 aliphatic rings. The molecule has 1 saturated heterocycles. The van der Waals surface area contributed by atoms with E-state index >= 15 is 0 Å². The molecule has 1 aromatic rings. The van der Waals surface area contributed by atoms with Crippen molar-refractivity contribution in [1.29, 1.82) is 0 Å². The lowest BCUT2D eigenvalue weighted by Gasteiger charge is -2.64. The van der Waals surface area contributed by atoms with Crippen LogP contribution in [0.15, 0.2) is 24.3 Å². The molecule has 0 aromatic heterocycles. The maximum Gasteiger partial charge on any atom is 0.197 e. The number of hydrogen-bond donors (Lipinski definition) is 2. The van der Waals surface area contributed by atoms with Gasteiger partial charge < -0.3 is 24.8 Å². The van der Waals surface area contributed by atoms with E-state index in [1.54, 1.807) is 13.1 Å². The first-order valence-electron chi connectivity index (χ1n) is 7.85. The molecule has 2 bridgehead atoms. The molecule has 0 amide bonds. The number of phenols is 1. The third-order valence-electron chi connectivity index (χ3n) is 6.36. The summed E-state index contributed by atoms with van der Waals surface area (Å²) in [7, 11) is 1.58. The van der Waals surface area contributed by atoms with Crippen LogP contribution in [0.4, 0.5) is 0 Å². The Morgan fingerprint density at radius 1 is 1.43 bits per heavy atom. The second kappa shape index (κ2) is 3.61. The van der Waals surface area contributed by atoms with Gasteiger partial charge in [0.2, 0.25) is 0 Å². The Morgan fingerprint density at radius 2 is 2.22 bits per heavy atom. The molecule has 2 N–H and O–H groups in total. The van der Waals surface area contributed by atoms with E-state index in [1.165, 1.54) is 18.2 Å². The van der Waals surface area contributed by atoms with Crippen molar-refractivity contribution in [3.05, 3.63) is 40.6 Å². The minimum atomic E-state index is -1.44. The molecule has 0 saturated carbocycles. The van der Waals surface area contributed by atoms with Crippen LogP contribution in [0, 0.1) is 5.21 Å². The SMILES string of the molecule is C[N+]1([O-])CC[C@]23c4c5ccc(O)c4O[C@H]2C(=O)C=C[C@@]3(O)[C@H]1C5. The van der Waals surface area contributed by atoms with Gasteiger partial charge in [0, 0.05) is 18.4 Å². The van der Waals surface area contributed by atoms with Crippen LogP contribution in [0.3, 0.4) is 0 Å². The Balaban J connectivity index is 1.91. The molecule has 2 heterocycles. The highest BCUT2D eigenvalue weighted by Crippen LogP contribution is 2.64. The number of ketones is 1. The first kappa shape index (κ1) is 13.5. The number of hydrogen-bond acceptors (Lipinski definition) is 5. The van der Waals surface area contributed by atoms with Gasteiger partial charge in [-0.3, -0.25) is 4.79 Å². The highest BCUT2D eigenvalue weighted by molar-refractivity contribution is 5.98. The highest BCUT2D eigenvalue weighted by atomic mass is 16.6. The van der Waals surface area contributed by atoms with Crippen LogP contribution in [-0.2, 0) is 16.6 Å². The average molecular weight is 315 g/mol. The molecule has 2 aliphatic carbocycles. The molecule has 1 fully saturated rings. The van der Waals surface area contributed by atoms with E-state index < -0.39 is 27.8 Å². The molecule has 6 heteroatoms. The van der Waals surface area contributed by atoms with Crippen molar-refractivity contribution in [2.45, 2.75) is 36.0 Å². The lowest BCUT2D eigenvalue weighted by Crippen LogP contribution is -2.78. The quantitative estimate of drug-likeness (QED) is 0.538. The van der Waals surface area contributed by atoms with Gasteiger partial charge in [-0.05, 0) is 23.8 Å². The zero-order valence-corrected chi connectivity index (χ0v) is 12.7. The fraction of sp³-hybridized carbons (Fsp3) is 0.471. The lowest BCUT2D eigenvalue weighted by atomic mass is 9.50. The maximum absolute atomic E-state index is 13.0. The van der Waals surface area contributed by atoms with Crippen molar-refractivity contribution in [3.63, 3.8) is 0 Å². The molecule has 23 heavy (non-hydrogen) atoms. The van der Waals surface area contributed by atoms with Crippen LogP contribution < -0.4 is 4.74 Å². The predicted octanol–water partition coefficient (Wildman–Crippen LogP) is 0.534. The fourth-order valence-electron chi connectivity index (χ4n) is 5.29. The third-order valence-corrected chi connectivity index (χ3v) is 6.36. The number of phenolic OH excluding ortho intramolecular Hbond substituents is 1. The van der Waals surface area contributed by atoms with Gasteiger partial charge >= 0.3 is 0 Å².